The maximum atomic E-state index is 6.07. The van der Waals surface area contributed by atoms with Crippen molar-refractivity contribution in [3.05, 3.63) is 98.2 Å². The van der Waals surface area contributed by atoms with Crippen LogP contribution in [0, 0.1) is 0 Å². The second-order valence-electron chi connectivity index (χ2n) is 6.35. The van der Waals surface area contributed by atoms with Crippen molar-refractivity contribution < 1.29 is 4.74 Å². The molecule has 1 heterocycles. The molecule has 0 amide bonds. The van der Waals surface area contributed by atoms with Crippen LogP contribution in [0.15, 0.2) is 92.2 Å². The van der Waals surface area contributed by atoms with Gasteiger partial charge in [-0.15, -0.1) is 11.3 Å². The summed E-state index contributed by atoms with van der Waals surface area (Å²) in [6.07, 6.45) is 1.74. The van der Waals surface area contributed by atoms with Gasteiger partial charge in [0.15, 0.2) is 0 Å². The third-order valence-electron chi connectivity index (χ3n) is 4.20. The first-order valence-electron chi connectivity index (χ1n) is 9.15. The highest BCUT2D eigenvalue weighted by Gasteiger charge is 2.10. The molecule has 0 aliphatic rings. The molecule has 0 aliphatic heterocycles. The zero-order valence-corrected chi connectivity index (χ0v) is 19.7. The lowest BCUT2D eigenvalue weighted by Gasteiger charge is -2.12. The van der Waals surface area contributed by atoms with Crippen LogP contribution in [-0.2, 0) is 6.61 Å². The number of halogens is 2. The molecule has 4 rings (SSSR count). The summed E-state index contributed by atoms with van der Waals surface area (Å²) in [6.45, 7) is 0.474. The molecule has 0 saturated carbocycles. The number of hydrazone groups is 1. The number of thiazole rings is 1. The lowest BCUT2D eigenvalue weighted by Crippen LogP contribution is -2.00. The molecule has 4 nitrogen and oxygen atoms in total. The summed E-state index contributed by atoms with van der Waals surface area (Å²) in [4.78, 5) is 4.59. The molecule has 0 aliphatic carbocycles. The quantitative estimate of drug-likeness (QED) is 0.196. The van der Waals surface area contributed by atoms with Crippen LogP contribution in [0.3, 0.4) is 0 Å². The third kappa shape index (κ3) is 5.36. The number of aromatic nitrogens is 1. The number of anilines is 1. The summed E-state index contributed by atoms with van der Waals surface area (Å²) in [5.41, 5.74) is 6.97. The van der Waals surface area contributed by atoms with Gasteiger partial charge in [0, 0.05) is 21.0 Å². The molecule has 7 heteroatoms. The molecular formula is C23H17Br2N3OS. The topological polar surface area (TPSA) is 46.5 Å². The molecule has 150 valence electrons. The maximum absolute atomic E-state index is 6.07. The van der Waals surface area contributed by atoms with Crippen molar-refractivity contribution in [2.75, 3.05) is 5.43 Å². The predicted molar refractivity (Wildman–Crippen MR) is 131 cm³/mol. The van der Waals surface area contributed by atoms with Gasteiger partial charge in [-0.25, -0.2) is 4.98 Å². The monoisotopic (exact) mass is 541 g/mol. The van der Waals surface area contributed by atoms with E-state index in [1.165, 1.54) is 11.3 Å². The van der Waals surface area contributed by atoms with Gasteiger partial charge in [-0.1, -0.05) is 76.6 Å². The molecule has 1 aromatic heterocycles. The van der Waals surface area contributed by atoms with E-state index in [0.717, 1.165) is 42.2 Å². The number of benzene rings is 3. The van der Waals surface area contributed by atoms with Gasteiger partial charge in [0.2, 0.25) is 5.13 Å². The predicted octanol–water partition coefficient (Wildman–Crippen LogP) is 7.36. The average Bonchev–Trinajstić information content (AvgIpc) is 3.23. The molecule has 30 heavy (non-hydrogen) atoms. The van der Waals surface area contributed by atoms with Crippen molar-refractivity contribution in [3.63, 3.8) is 0 Å². The van der Waals surface area contributed by atoms with Crippen molar-refractivity contribution in [1.29, 1.82) is 0 Å². The Morgan fingerprint density at radius 3 is 2.50 bits per heavy atom. The summed E-state index contributed by atoms with van der Waals surface area (Å²) in [5, 5.41) is 7.11. The normalized spacial score (nSPS) is 11.0. The van der Waals surface area contributed by atoms with E-state index in [-0.39, 0.29) is 0 Å². The summed E-state index contributed by atoms with van der Waals surface area (Å²) in [5.74, 6) is 0.733. The minimum Gasteiger partial charge on any atom is -0.487 e. The van der Waals surface area contributed by atoms with Crippen LogP contribution in [0.25, 0.3) is 11.3 Å². The summed E-state index contributed by atoms with van der Waals surface area (Å²) < 4.78 is 7.86. The zero-order chi connectivity index (χ0) is 20.8. The van der Waals surface area contributed by atoms with E-state index in [9.17, 15) is 0 Å². The van der Waals surface area contributed by atoms with Gasteiger partial charge in [0.05, 0.1) is 16.4 Å². The van der Waals surface area contributed by atoms with Crippen LogP contribution in [0.2, 0.25) is 0 Å². The van der Waals surface area contributed by atoms with E-state index in [1.54, 1.807) is 6.21 Å². The zero-order valence-electron chi connectivity index (χ0n) is 15.8. The van der Waals surface area contributed by atoms with Gasteiger partial charge in [-0.3, -0.25) is 5.43 Å². The Bertz CT molecular complexity index is 1150. The van der Waals surface area contributed by atoms with Crippen LogP contribution in [0.1, 0.15) is 11.1 Å². The van der Waals surface area contributed by atoms with E-state index in [4.69, 9.17) is 4.74 Å². The first kappa shape index (κ1) is 20.8. The van der Waals surface area contributed by atoms with E-state index >= 15 is 0 Å². The van der Waals surface area contributed by atoms with Crippen molar-refractivity contribution in [1.82, 2.24) is 4.98 Å². The molecule has 3 aromatic carbocycles. The lowest BCUT2D eigenvalue weighted by atomic mass is 10.2. The van der Waals surface area contributed by atoms with Gasteiger partial charge in [-0.2, -0.15) is 5.10 Å². The van der Waals surface area contributed by atoms with Gasteiger partial charge in [-0.05, 0) is 33.6 Å². The average molecular weight is 543 g/mol. The SMILES string of the molecule is Brc1cc(Br)c(OCc2ccccc2)c(C=NNc2nc(-c3ccccc3)cs2)c1. The highest BCUT2D eigenvalue weighted by Crippen LogP contribution is 2.33. The Hall–Kier alpha value is -2.48. The highest BCUT2D eigenvalue weighted by molar-refractivity contribution is 9.11. The number of ether oxygens (including phenoxy) is 1. The fourth-order valence-electron chi connectivity index (χ4n) is 2.78. The Morgan fingerprint density at radius 1 is 1.00 bits per heavy atom. The summed E-state index contributed by atoms with van der Waals surface area (Å²) in [6, 6.07) is 24.1. The minimum absolute atomic E-state index is 0.474. The molecule has 4 aromatic rings. The molecule has 0 atom stereocenters. The van der Waals surface area contributed by atoms with E-state index in [2.05, 4.69) is 47.4 Å². The van der Waals surface area contributed by atoms with E-state index in [1.807, 2.05) is 78.2 Å². The van der Waals surface area contributed by atoms with Crippen LogP contribution in [0.4, 0.5) is 5.13 Å². The Balaban J connectivity index is 1.48. The van der Waals surface area contributed by atoms with Crippen LogP contribution >= 0.6 is 43.2 Å². The van der Waals surface area contributed by atoms with Crippen molar-refractivity contribution >= 4 is 54.5 Å². The first-order valence-corrected chi connectivity index (χ1v) is 11.6. The highest BCUT2D eigenvalue weighted by atomic mass is 79.9. The molecule has 0 unspecified atom stereocenters. The van der Waals surface area contributed by atoms with Gasteiger partial charge >= 0.3 is 0 Å². The minimum atomic E-state index is 0.474. The molecule has 0 fully saturated rings. The Kier molecular flexibility index (Phi) is 6.94. The van der Waals surface area contributed by atoms with Crippen molar-refractivity contribution in [2.24, 2.45) is 5.10 Å². The Morgan fingerprint density at radius 2 is 1.73 bits per heavy atom. The fourth-order valence-corrected chi connectivity index (χ4v) is 4.82. The second kappa shape index (κ2) is 10.0. The Labute approximate surface area is 195 Å². The summed E-state index contributed by atoms with van der Waals surface area (Å²) in [7, 11) is 0. The molecule has 0 bridgehead atoms. The summed E-state index contributed by atoms with van der Waals surface area (Å²) >= 11 is 8.63. The van der Waals surface area contributed by atoms with E-state index in [0.29, 0.717) is 6.61 Å². The number of nitrogens with zero attached hydrogens (tertiary/aromatic N) is 2. The van der Waals surface area contributed by atoms with Gasteiger partial charge in [0.25, 0.3) is 0 Å². The fraction of sp³-hybridized carbons (Fsp3) is 0.0435. The van der Waals surface area contributed by atoms with Gasteiger partial charge in [0.1, 0.15) is 12.4 Å². The third-order valence-corrected chi connectivity index (χ3v) is 5.99. The molecular weight excluding hydrogens is 526 g/mol. The van der Waals surface area contributed by atoms with Gasteiger partial charge < -0.3 is 4.74 Å². The second-order valence-corrected chi connectivity index (χ2v) is 8.98. The van der Waals surface area contributed by atoms with E-state index < -0.39 is 0 Å². The largest absolute Gasteiger partial charge is 0.487 e. The van der Waals surface area contributed by atoms with Crippen LogP contribution in [-0.4, -0.2) is 11.2 Å². The standard InChI is InChI=1S/C23H17Br2N3OS/c24-19-11-18(22(20(25)12-19)29-14-16-7-3-1-4-8-16)13-26-28-23-27-21(15-30-23)17-9-5-2-6-10-17/h1-13,15H,14H2,(H,27,28). The molecule has 0 spiro atoms. The van der Waals surface area contributed by atoms with Crippen molar-refractivity contribution in [2.45, 2.75) is 6.61 Å². The number of hydrogen-bond acceptors (Lipinski definition) is 5. The molecule has 0 radical (unpaired) electrons. The number of hydrogen-bond donors (Lipinski definition) is 1. The number of rotatable bonds is 7. The molecule has 0 saturated heterocycles. The lowest BCUT2D eigenvalue weighted by molar-refractivity contribution is 0.304. The first-order chi connectivity index (χ1) is 14.7. The van der Waals surface area contributed by atoms with Crippen molar-refractivity contribution in [3.8, 4) is 17.0 Å². The van der Waals surface area contributed by atoms with Crippen LogP contribution < -0.4 is 10.2 Å². The smallest absolute Gasteiger partial charge is 0.203 e. The maximum Gasteiger partial charge on any atom is 0.203 e. The number of nitrogens with one attached hydrogen (secondary N) is 1. The van der Waals surface area contributed by atoms with Crippen LogP contribution in [0.5, 0.6) is 5.75 Å². The molecule has 1 N–H and O–H groups in total.